The van der Waals surface area contributed by atoms with Crippen LogP contribution in [0.3, 0.4) is 0 Å². The number of piperidine rings is 1. The third-order valence-electron chi connectivity index (χ3n) is 15.2. The zero-order valence-corrected chi connectivity index (χ0v) is 41.0. The SMILES string of the molecule is C#Cc1c(F)ccc2cccc(-c3ncc4c(N5CC6CCC(C5)N6)nc(OC[C@@]56CC[C@@H](COC(=O)N(C)CCOCC(=O)Nc7cccc8c7C(=O)N(C7CCC(=O)NC7=O)C8=O)N5CC(=C)C6)nc4c3F)c12. The fourth-order valence-corrected chi connectivity index (χ4v) is 11.7. The molecule has 5 saturated heterocycles. The summed E-state index contributed by atoms with van der Waals surface area (Å²) in [6, 6.07) is 11.6. The number of pyridine rings is 1. The number of hydrogen-bond acceptors (Lipinski definition) is 15. The maximum Gasteiger partial charge on any atom is 0.409 e. The maximum atomic E-state index is 17.2. The Morgan fingerprint density at radius 1 is 1.00 bits per heavy atom. The van der Waals surface area contributed by atoms with E-state index in [9.17, 15) is 28.8 Å². The molecule has 0 spiro atoms. The van der Waals surface area contributed by atoms with Crippen LogP contribution >= 0.6 is 0 Å². The lowest BCUT2D eigenvalue weighted by molar-refractivity contribution is -0.136. The van der Waals surface area contributed by atoms with Crippen molar-refractivity contribution in [2.75, 3.05) is 69.9 Å². The van der Waals surface area contributed by atoms with Crippen LogP contribution in [0.15, 0.2) is 66.9 Å². The van der Waals surface area contributed by atoms with E-state index in [-0.39, 0.29) is 96.9 Å². The van der Waals surface area contributed by atoms with Crippen molar-refractivity contribution in [1.82, 2.24) is 40.3 Å². The Morgan fingerprint density at radius 3 is 2.57 bits per heavy atom. The molecule has 2 bridgehead atoms. The number of anilines is 2. The van der Waals surface area contributed by atoms with Gasteiger partial charge in [-0.1, -0.05) is 48.4 Å². The van der Waals surface area contributed by atoms with Crippen LogP contribution in [0.25, 0.3) is 32.9 Å². The Kier molecular flexibility index (Phi) is 13.0. The Morgan fingerprint density at radius 2 is 1.79 bits per heavy atom. The summed E-state index contributed by atoms with van der Waals surface area (Å²) in [5.74, 6) is -1.70. The van der Waals surface area contributed by atoms with Crippen LogP contribution < -0.4 is 25.6 Å². The smallest absolute Gasteiger partial charge is 0.409 e. The minimum atomic E-state index is -1.16. The molecule has 6 aliphatic rings. The van der Waals surface area contributed by atoms with Gasteiger partial charge in [-0.3, -0.25) is 44.1 Å². The summed E-state index contributed by atoms with van der Waals surface area (Å²) in [6.45, 7) is 5.99. The fraction of sp³-hybridized carbons (Fsp3) is 0.389. The van der Waals surface area contributed by atoms with Crippen LogP contribution in [-0.2, 0) is 23.9 Å². The highest BCUT2D eigenvalue weighted by atomic mass is 19.1. The van der Waals surface area contributed by atoms with Gasteiger partial charge in [0.1, 0.15) is 48.7 Å². The molecule has 6 aliphatic heterocycles. The van der Waals surface area contributed by atoms with Gasteiger partial charge in [0, 0.05) is 74.9 Å². The van der Waals surface area contributed by atoms with Gasteiger partial charge < -0.3 is 34.6 Å². The number of halogens is 2. The summed E-state index contributed by atoms with van der Waals surface area (Å²) in [5.41, 5.74) is 0.777. The molecule has 3 unspecified atom stereocenters. The van der Waals surface area contributed by atoms with Crippen LogP contribution in [-0.4, -0.2) is 155 Å². The summed E-state index contributed by atoms with van der Waals surface area (Å²) in [4.78, 5) is 97.7. The molecule has 3 N–H and O–H groups in total. The average molecular weight is 1020 g/mol. The normalized spacial score (nSPS) is 23.1. The number of hydrogen-bond donors (Lipinski definition) is 3. The molecule has 21 heteroatoms. The first-order valence-corrected chi connectivity index (χ1v) is 24.9. The zero-order valence-electron chi connectivity index (χ0n) is 41.0. The first-order valence-electron chi connectivity index (χ1n) is 24.9. The molecule has 386 valence electrons. The monoisotopic (exact) mass is 1020 g/mol. The molecule has 0 saturated carbocycles. The standard InChI is InChI=1S/C54H52F2N10O9/c1-4-34-38(55)14-11-30-7-5-8-35(43(30)34)46-45(56)47-37(22-57-46)48(64-24-31-12-13-32(25-64)58-31)62-52(61-47)75-28-54-18-17-33(65(54)23-29(2)21-54)26-74-53(72)63(3)19-20-73-27-42(68)59-39-10-6-9-36-44(39)51(71)66(50(36)70)40-15-16-41(67)60-49(40)69/h1,5-11,14,22,31-33,40,58H,2,12-13,15-21,23-28H2,3H3,(H,59,68)(H,60,67,69)/t31?,32?,33-,40?,54-/m0/s1. The number of carbonyl (C=O) groups excluding carboxylic acids is 6. The van der Waals surface area contributed by atoms with E-state index in [4.69, 9.17) is 30.6 Å². The molecule has 0 aliphatic carbocycles. The molecule has 5 aromatic rings. The van der Waals surface area contributed by atoms with E-state index < -0.39 is 65.5 Å². The number of benzene rings is 3. The van der Waals surface area contributed by atoms with Gasteiger partial charge >= 0.3 is 12.1 Å². The number of piperazine rings is 1. The number of likely N-dealkylation sites (N-methyl/N-ethyl adjacent to an activating group) is 1. The Labute approximate surface area is 428 Å². The molecule has 19 nitrogen and oxygen atoms in total. The lowest BCUT2D eigenvalue weighted by atomic mass is 9.94. The van der Waals surface area contributed by atoms with E-state index >= 15 is 8.78 Å². The molecule has 8 heterocycles. The Bertz CT molecular complexity index is 3300. The molecule has 3 aromatic carbocycles. The van der Waals surface area contributed by atoms with Crippen LogP contribution in [0, 0.1) is 24.0 Å². The quantitative estimate of drug-likeness (QED) is 0.0594. The van der Waals surface area contributed by atoms with Crippen LogP contribution in [0.2, 0.25) is 0 Å². The highest BCUT2D eigenvalue weighted by Gasteiger charge is 2.52. The molecule has 6 amide bonds. The summed E-state index contributed by atoms with van der Waals surface area (Å²) < 4.78 is 50.1. The van der Waals surface area contributed by atoms with Crippen molar-refractivity contribution in [1.29, 1.82) is 0 Å². The number of aromatic nitrogens is 3. The Hall–Kier alpha value is -7.93. The Balaban J connectivity index is 0.723. The second kappa shape index (κ2) is 19.7. The molecule has 0 radical (unpaired) electrons. The fourth-order valence-electron chi connectivity index (χ4n) is 11.7. The van der Waals surface area contributed by atoms with Gasteiger partial charge in [0.05, 0.1) is 39.9 Å². The van der Waals surface area contributed by atoms with Crippen molar-refractivity contribution < 1.29 is 51.8 Å². The number of terminal acetylenes is 1. The van der Waals surface area contributed by atoms with Gasteiger partial charge in [0.15, 0.2) is 5.82 Å². The van der Waals surface area contributed by atoms with Gasteiger partial charge in [0.25, 0.3) is 11.8 Å². The number of imide groups is 2. The number of ether oxygens (including phenoxy) is 3. The van der Waals surface area contributed by atoms with Crippen LogP contribution in [0.5, 0.6) is 6.01 Å². The van der Waals surface area contributed by atoms with Gasteiger partial charge in [0.2, 0.25) is 17.7 Å². The van der Waals surface area contributed by atoms with Crippen molar-refractivity contribution in [3.05, 3.63) is 95.2 Å². The predicted octanol–water partition coefficient (Wildman–Crippen LogP) is 4.71. The van der Waals surface area contributed by atoms with E-state index in [0.29, 0.717) is 66.4 Å². The molecular formula is C54H52F2N10O9. The van der Waals surface area contributed by atoms with Gasteiger partial charge in [-0.15, -0.1) is 6.42 Å². The highest BCUT2D eigenvalue weighted by molar-refractivity contribution is 6.26. The van der Waals surface area contributed by atoms with Crippen molar-refractivity contribution in [2.24, 2.45) is 0 Å². The summed E-state index contributed by atoms with van der Waals surface area (Å²) >= 11 is 0. The summed E-state index contributed by atoms with van der Waals surface area (Å²) in [5, 5.41) is 9.81. The first kappa shape index (κ1) is 49.3. The van der Waals surface area contributed by atoms with Gasteiger partial charge in [-0.25, -0.2) is 13.6 Å². The van der Waals surface area contributed by atoms with Crippen molar-refractivity contribution in [3.63, 3.8) is 0 Å². The minimum Gasteiger partial charge on any atom is -0.461 e. The van der Waals surface area contributed by atoms with Gasteiger partial charge in [-0.2, -0.15) is 9.97 Å². The highest BCUT2D eigenvalue weighted by Crippen LogP contribution is 2.45. The van der Waals surface area contributed by atoms with Crippen LogP contribution in [0.1, 0.15) is 71.2 Å². The molecular weight excluding hydrogens is 971 g/mol. The van der Waals surface area contributed by atoms with Crippen molar-refractivity contribution in [2.45, 2.75) is 74.7 Å². The first-order chi connectivity index (χ1) is 36.2. The minimum absolute atomic E-state index is 0.00817. The number of nitrogens with zero attached hydrogens (tertiary/aromatic N) is 7. The number of amides is 6. The predicted molar refractivity (Wildman–Crippen MR) is 269 cm³/mol. The van der Waals surface area contributed by atoms with Crippen LogP contribution in [0.4, 0.5) is 25.1 Å². The molecule has 5 fully saturated rings. The van der Waals surface area contributed by atoms with E-state index in [1.54, 1.807) is 37.5 Å². The van der Waals surface area contributed by atoms with E-state index in [2.05, 4.69) is 43.2 Å². The van der Waals surface area contributed by atoms with Crippen molar-refractivity contribution >= 4 is 68.8 Å². The number of nitrogens with one attached hydrogen (secondary N) is 3. The largest absolute Gasteiger partial charge is 0.461 e. The topological polar surface area (TPSA) is 218 Å². The lowest BCUT2D eigenvalue weighted by Gasteiger charge is -2.35. The number of fused-ring (bicyclic) bond motifs is 6. The second-order valence-electron chi connectivity index (χ2n) is 20.1. The average Bonchev–Trinajstić information content (AvgIpc) is 4.11. The summed E-state index contributed by atoms with van der Waals surface area (Å²) in [6.07, 6.45) is 10.7. The molecule has 5 atom stereocenters. The van der Waals surface area contributed by atoms with E-state index in [0.717, 1.165) is 23.3 Å². The third-order valence-corrected chi connectivity index (χ3v) is 15.2. The third kappa shape index (κ3) is 9.05. The number of rotatable bonds is 14. The summed E-state index contributed by atoms with van der Waals surface area (Å²) in [7, 11) is 1.54. The van der Waals surface area contributed by atoms with E-state index in [1.165, 1.54) is 29.2 Å². The molecule has 11 rings (SSSR count). The molecule has 2 aromatic heterocycles. The van der Waals surface area contributed by atoms with Gasteiger partial charge in [-0.05, 0) is 62.1 Å². The van der Waals surface area contributed by atoms with Crippen molar-refractivity contribution in [3.8, 4) is 29.6 Å². The van der Waals surface area contributed by atoms with E-state index in [1.807, 2.05) is 0 Å². The second-order valence-corrected chi connectivity index (χ2v) is 20.1. The number of carbonyl (C=O) groups is 6. The maximum absolute atomic E-state index is 17.2. The molecule has 75 heavy (non-hydrogen) atoms. The zero-order chi connectivity index (χ0) is 52.3. The lowest BCUT2D eigenvalue weighted by Crippen LogP contribution is -2.54.